The van der Waals surface area contributed by atoms with Crippen molar-refractivity contribution < 1.29 is 0 Å². The molecule has 0 spiro atoms. The van der Waals surface area contributed by atoms with E-state index in [4.69, 9.17) is 0 Å². The number of thioether (sulfide) groups is 1. The Bertz CT molecular complexity index is 180. The van der Waals surface area contributed by atoms with Gasteiger partial charge in [0.25, 0.3) is 0 Å². The zero-order valence-electron chi connectivity index (χ0n) is 9.87. The Labute approximate surface area is 98.2 Å². The molecule has 0 amide bonds. The Morgan fingerprint density at radius 3 is 3.00 bits per heavy atom. The van der Waals surface area contributed by atoms with E-state index in [1.165, 1.54) is 56.7 Å². The molecule has 88 valence electrons. The molecule has 2 nitrogen and oxygen atoms in total. The number of piperidine rings is 1. The van der Waals surface area contributed by atoms with E-state index in [0.29, 0.717) is 0 Å². The lowest BCUT2D eigenvalue weighted by Gasteiger charge is -2.32. The van der Waals surface area contributed by atoms with Crippen LogP contribution in [0.3, 0.4) is 0 Å². The van der Waals surface area contributed by atoms with Crippen molar-refractivity contribution in [3.63, 3.8) is 0 Å². The van der Waals surface area contributed by atoms with Crippen LogP contribution in [0.5, 0.6) is 0 Å². The van der Waals surface area contributed by atoms with Crippen molar-refractivity contribution in [2.75, 3.05) is 31.6 Å². The maximum atomic E-state index is 3.70. The maximum absolute atomic E-state index is 3.70. The van der Waals surface area contributed by atoms with Crippen molar-refractivity contribution in [1.82, 2.24) is 10.2 Å². The lowest BCUT2D eigenvalue weighted by atomic mass is 10.00. The molecular weight excluding hydrogens is 204 g/mol. The zero-order valence-corrected chi connectivity index (χ0v) is 10.7. The summed E-state index contributed by atoms with van der Waals surface area (Å²) < 4.78 is 0. The molecule has 2 rings (SSSR count). The fraction of sp³-hybridized carbons (Fsp3) is 1.00. The lowest BCUT2D eigenvalue weighted by Crippen LogP contribution is -2.39. The second kappa shape index (κ2) is 6.12. The van der Waals surface area contributed by atoms with Gasteiger partial charge in [-0.1, -0.05) is 6.42 Å². The highest BCUT2D eigenvalue weighted by Crippen LogP contribution is 2.19. The molecule has 2 aliphatic heterocycles. The van der Waals surface area contributed by atoms with Crippen molar-refractivity contribution in [3.05, 3.63) is 0 Å². The quantitative estimate of drug-likeness (QED) is 0.792. The second-order valence-electron chi connectivity index (χ2n) is 4.93. The molecular formula is C12H24N2S. The monoisotopic (exact) mass is 228 g/mol. The van der Waals surface area contributed by atoms with Gasteiger partial charge in [-0.3, -0.25) is 0 Å². The number of likely N-dealkylation sites (tertiary alicyclic amines) is 1. The summed E-state index contributed by atoms with van der Waals surface area (Å²) in [5, 5.41) is 3.70. The standard InChI is InChI=1S/C12H24N2S/c1-14-8-3-2-4-12(14)5-7-13-11-6-9-15-10-11/h11-13H,2-10H2,1H3. The van der Waals surface area contributed by atoms with E-state index in [1.807, 2.05) is 0 Å². The van der Waals surface area contributed by atoms with E-state index in [0.717, 1.165) is 12.1 Å². The number of nitrogens with one attached hydrogen (secondary N) is 1. The SMILES string of the molecule is CN1CCCCC1CCNC1CCSC1. The molecule has 0 saturated carbocycles. The first-order chi connectivity index (χ1) is 7.36. The third-order valence-electron chi connectivity index (χ3n) is 3.76. The van der Waals surface area contributed by atoms with Crippen LogP contribution in [0.25, 0.3) is 0 Å². The van der Waals surface area contributed by atoms with Crippen LogP contribution in [0.2, 0.25) is 0 Å². The van der Waals surface area contributed by atoms with Crippen LogP contribution < -0.4 is 5.32 Å². The van der Waals surface area contributed by atoms with Crippen molar-refractivity contribution in [3.8, 4) is 0 Å². The zero-order chi connectivity index (χ0) is 10.5. The van der Waals surface area contributed by atoms with Crippen molar-refractivity contribution >= 4 is 11.8 Å². The Morgan fingerprint density at radius 1 is 1.33 bits per heavy atom. The first-order valence-electron chi connectivity index (χ1n) is 6.37. The Hall–Kier alpha value is 0.270. The maximum Gasteiger partial charge on any atom is 0.0166 e. The first-order valence-corrected chi connectivity index (χ1v) is 7.53. The molecule has 2 heterocycles. The van der Waals surface area contributed by atoms with Gasteiger partial charge in [0.1, 0.15) is 0 Å². The van der Waals surface area contributed by atoms with Crippen LogP contribution in [0.15, 0.2) is 0 Å². The molecule has 1 N–H and O–H groups in total. The molecule has 0 aromatic heterocycles. The van der Waals surface area contributed by atoms with Gasteiger partial charge in [-0.05, 0) is 51.6 Å². The summed E-state index contributed by atoms with van der Waals surface area (Å²) in [5.41, 5.74) is 0. The molecule has 0 aromatic rings. The summed E-state index contributed by atoms with van der Waals surface area (Å²) in [5.74, 6) is 2.70. The van der Waals surface area contributed by atoms with Crippen molar-refractivity contribution in [2.45, 2.75) is 44.2 Å². The second-order valence-corrected chi connectivity index (χ2v) is 6.08. The molecule has 0 bridgehead atoms. The molecule has 2 fully saturated rings. The van der Waals surface area contributed by atoms with E-state index >= 15 is 0 Å². The third-order valence-corrected chi connectivity index (χ3v) is 4.92. The Balaban J connectivity index is 1.59. The van der Waals surface area contributed by atoms with Gasteiger partial charge in [0, 0.05) is 17.8 Å². The topological polar surface area (TPSA) is 15.3 Å². The molecule has 2 saturated heterocycles. The summed E-state index contributed by atoms with van der Waals surface area (Å²) in [6.07, 6.45) is 6.98. The van der Waals surface area contributed by atoms with E-state index in [-0.39, 0.29) is 0 Å². The van der Waals surface area contributed by atoms with E-state index in [1.54, 1.807) is 0 Å². The van der Waals surface area contributed by atoms with Gasteiger partial charge < -0.3 is 10.2 Å². The molecule has 2 atom stereocenters. The summed E-state index contributed by atoms with van der Waals surface area (Å²) in [6.45, 7) is 2.53. The molecule has 2 aliphatic rings. The average molecular weight is 228 g/mol. The highest BCUT2D eigenvalue weighted by molar-refractivity contribution is 7.99. The summed E-state index contributed by atoms with van der Waals surface area (Å²) >= 11 is 2.10. The minimum absolute atomic E-state index is 0.809. The predicted molar refractivity (Wildman–Crippen MR) is 68.6 cm³/mol. The van der Waals surface area contributed by atoms with Gasteiger partial charge in [-0.2, -0.15) is 11.8 Å². The fourth-order valence-corrected chi connectivity index (χ4v) is 3.85. The smallest absolute Gasteiger partial charge is 0.0166 e. The van der Waals surface area contributed by atoms with Crippen LogP contribution in [0, 0.1) is 0 Å². The predicted octanol–water partition coefficient (Wildman–Crippen LogP) is 1.96. The minimum atomic E-state index is 0.809. The summed E-state index contributed by atoms with van der Waals surface area (Å²) in [4.78, 5) is 2.55. The van der Waals surface area contributed by atoms with Gasteiger partial charge in [0.15, 0.2) is 0 Å². The number of nitrogens with zero attached hydrogens (tertiary/aromatic N) is 1. The largest absolute Gasteiger partial charge is 0.313 e. The highest BCUT2D eigenvalue weighted by Gasteiger charge is 2.19. The molecule has 0 radical (unpaired) electrons. The van der Waals surface area contributed by atoms with E-state index < -0.39 is 0 Å². The molecule has 3 heteroatoms. The summed E-state index contributed by atoms with van der Waals surface area (Å²) in [7, 11) is 2.29. The number of rotatable bonds is 4. The lowest BCUT2D eigenvalue weighted by molar-refractivity contribution is 0.174. The molecule has 0 aromatic carbocycles. The number of hydrogen-bond acceptors (Lipinski definition) is 3. The van der Waals surface area contributed by atoms with Crippen LogP contribution in [0.4, 0.5) is 0 Å². The van der Waals surface area contributed by atoms with Gasteiger partial charge in [-0.15, -0.1) is 0 Å². The minimum Gasteiger partial charge on any atom is -0.313 e. The first kappa shape index (κ1) is 11.7. The van der Waals surface area contributed by atoms with Gasteiger partial charge in [-0.25, -0.2) is 0 Å². The van der Waals surface area contributed by atoms with Gasteiger partial charge >= 0.3 is 0 Å². The molecule has 2 unspecified atom stereocenters. The average Bonchev–Trinajstić information content (AvgIpc) is 2.74. The van der Waals surface area contributed by atoms with Crippen molar-refractivity contribution in [1.29, 1.82) is 0 Å². The van der Waals surface area contributed by atoms with Crippen LogP contribution in [-0.2, 0) is 0 Å². The Morgan fingerprint density at radius 2 is 2.27 bits per heavy atom. The van der Waals surface area contributed by atoms with Crippen LogP contribution in [0.1, 0.15) is 32.1 Å². The summed E-state index contributed by atoms with van der Waals surface area (Å²) in [6, 6.07) is 1.66. The van der Waals surface area contributed by atoms with Crippen LogP contribution >= 0.6 is 11.8 Å². The van der Waals surface area contributed by atoms with E-state index in [9.17, 15) is 0 Å². The fourth-order valence-electron chi connectivity index (χ4n) is 2.66. The Kier molecular flexibility index (Phi) is 4.79. The van der Waals surface area contributed by atoms with Crippen molar-refractivity contribution in [2.24, 2.45) is 0 Å². The third kappa shape index (κ3) is 3.65. The highest BCUT2D eigenvalue weighted by atomic mass is 32.2. The van der Waals surface area contributed by atoms with E-state index in [2.05, 4.69) is 29.0 Å². The van der Waals surface area contributed by atoms with Gasteiger partial charge in [0.2, 0.25) is 0 Å². The number of hydrogen-bond donors (Lipinski definition) is 1. The molecule has 0 aliphatic carbocycles. The van der Waals surface area contributed by atoms with Crippen LogP contribution in [-0.4, -0.2) is 48.6 Å². The molecule has 15 heavy (non-hydrogen) atoms. The normalized spacial score (nSPS) is 33.4. The van der Waals surface area contributed by atoms with Gasteiger partial charge in [0.05, 0.1) is 0 Å².